The second-order valence-corrected chi connectivity index (χ2v) is 4.08. The zero-order valence-corrected chi connectivity index (χ0v) is 10.9. The summed E-state index contributed by atoms with van der Waals surface area (Å²) in [5.41, 5.74) is 2.42. The van der Waals surface area contributed by atoms with Gasteiger partial charge in [-0.3, -0.25) is 5.43 Å². The van der Waals surface area contributed by atoms with E-state index in [-0.39, 0.29) is 0 Å². The van der Waals surface area contributed by atoms with Gasteiger partial charge in [-0.15, -0.1) is 0 Å². The molecule has 0 amide bonds. The summed E-state index contributed by atoms with van der Waals surface area (Å²) >= 11 is 0. The quantitative estimate of drug-likeness (QED) is 0.510. The Balaban J connectivity index is 2.00. The number of rotatable bonds is 6. The molecule has 2 aromatic rings. The van der Waals surface area contributed by atoms with Crippen molar-refractivity contribution in [1.82, 2.24) is 15.0 Å². The maximum absolute atomic E-state index is 5.33. The number of nitrogens with one attached hydrogen (secondary N) is 2. The van der Waals surface area contributed by atoms with Gasteiger partial charge in [-0.05, 0) is 12.1 Å². The van der Waals surface area contributed by atoms with E-state index in [1.807, 2.05) is 26.2 Å². The third kappa shape index (κ3) is 3.55. The van der Waals surface area contributed by atoms with E-state index in [4.69, 9.17) is 10.3 Å². The smallest absolute Gasteiger partial charge is 0.243 e. The second-order valence-electron chi connectivity index (χ2n) is 4.08. The predicted octanol–water partition coefficient (Wildman–Crippen LogP) is 0.471. The molecule has 0 aliphatic heterocycles. The molecule has 0 radical (unpaired) electrons. The molecular formula is C11H17N7O. The highest BCUT2D eigenvalue weighted by Gasteiger charge is 2.07. The number of nitrogens with zero attached hydrogens (tertiary/aromatic N) is 4. The van der Waals surface area contributed by atoms with Crippen LogP contribution < -0.4 is 21.5 Å². The molecule has 0 bridgehead atoms. The topological polar surface area (TPSA) is 105 Å². The number of hydrogen-bond donors (Lipinski definition) is 3. The van der Waals surface area contributed by atoms with Gasteiger partial charge in [0.15, 0.2) is 0 Å². The molecule has 2 rings (SSSR count). The Kier molecular flexibility index (Phi) is 4.14. The van der Waals surface area contributed by atoms with Crippen LogP contribution in [-0.4, -0.2) is 35.6 Å². The van der Waals surface area contributed by atoms with Crippen LogP contribution in [0.4, 0.5) is 17.8 Å². The highest BCUT2D eigenvalue weighted by Crippen LogP contribution is 2.10. The lowest BCUT2D eigenvalue weighted by Crippen LogP contribution is -2.19. The molecule has 4 N–H and O–H groups in total. The zero-order valence-electron chi connectivity index (χ0n) is 10.9. The van der Waals surface area contributed by atoms with Crippen LogP contribution in [0.15, 0.2) is 22.8 Å². The Bertz CT molecular complexity index is 512. The molecule has 2 heterocycles. The minimum atomic E-state index is 0.319. The summed E-state index contributed by atoms with van der Waals surface area (Å²) in [5, 5.41) is 3.11. The lowest BCUT2D eigenvalue weighted by atomic mass is 10.3. The van der Waals surface area contributed by atoms with Crippen molar-refractivity contribution in [1.29, 1.82) is 0 Å². The van der Waals surface area contributed by atoms with Gasteiger partial charge in [0, 0.05) is 27.1 Å². The van der Waals surface area contributed by atoms with Gasteiger partial charge in [-0.1, -0.05) is 0 Å². The first-order chi connectivity index (χ1) is 9.19. The van der Waals surface area contributed by atoms with Crippen LogP contribution in [0.1, 0.15) is 5.76 Å². The summed E-state index contributed by atoms with van der Waals surface area (Å²) in [6.45, 7) is 0.661. The minimum Gasteiger partial charge on any atom is -0.469 e. The molecule has 8 nitrogen and oxygen atoms in total. The first-order valence-corrected chi connectivity index (χ1v) is 5.85. The molecule has 0 aliphatic carbocycles. The molecule has 19 heavy (non-hydrogen) atoms. The van der Waals surface area contributed by atoms with Gasteiger partial charge in [-0.25, -0.2) is 5.84 Å². The highest BCUT2D eigenvalue weighted by molar-refractivity contribution is 5.42. The Morgan fingerprint density at radius 3 is 2.68 bits per heavy atom. The number of nitrogen functional groups attached to an aromatic ring is 1. The van der Waals surface area contributed by atoms with Crippen LogP contribution in [0.3, 0.4) is 0 Å². The van der Waals surface area contributed by atoms with Gasteiger partial charge in [0.05, 0.1) is 6.26 Å². The Morgan fingerprint density at radius 2 is 2.05 bits per heavy atom. The van der Waals surface area contributed by atoms with Crippen LogP contribution in [0, 0.1) is 0 Å². The van der Waals surface area contributed by atoms with Crippen molar-refractivity contribution in [2.75, 3.05) is 36.3 Å². The normalized spacial score (nSPS) is 10.3. The molecule has 0 unspecified atom stereocenters. The summed E-state index contributed by atoms with van der Waals surface area (Å²) in [7, 11) is 3.70. The van der Waals surface area contributed by atoms with E-state index in [9.17, 15) is 0 Å². The molecule has 2 aromatic heterocycles. The third-order valence-corrected chi connectivity index (χ3v) is 2.39. The van der Waals surface area contributed by atoms with Gasteiger partial charge in [0.2, 0.25) is 17.8 Å². The maximum atomic E-state index is 5.33. The maximum Gasteiger partial charge on any atom is 0.243 e. The van der Waals surface area contributed by atoms with Crippen molar-refractivity contribution >= 4 is 17.8 Å². The zero-order chi connectivity index (χ0) is 13.7. The number of furan rings is 1. The third-order valence-electron chi connectivity index (χ3n) is 2.39. The molecule has 0 saturated carbocycles. The van der Waals surface area contributed by atoms with Crippen LogP contribution in [0.2, 0.25) is 0 Å². The van der Waals surface area contributed by atoms with E-state index in [1.165, 1.54) is 0 Å². The van der Waals surface area contributed by atoms with E-state index in [0.717, 1.165) is 12.2 Å². The van der Waals surface area contributed by atoms with E-state index in [0.29, 0.717) is 24.4 Å². The predicted molar refractivity (Wildman–Crippen MR) is 72.9 cm³/mol. The standard InChI is InChI=1S/C11H17N7O/c1-18(2)11-15-9(14-10(16-11)17-12)13-6-5-8-4-3-7-19-8/h3-4,7H,5-6,12H2,1-2H3,(H2,13,14,15,16,17). The monoisotopic (exact) mass is 263 g/mol. The second kappa shape index (κ2) is 6.01. The van der Waals surface area contributed by atoms with Crippen LogP contribution in [-0.2, 0) is 6.42 Å². The number of hydrazine groups is 1. The van der Waals surface area contributed by atoms with Crippen molar-refractivity contribution in [3.05, 3.63) is 24.2 Å². The van der Waals surface area contributed by atoms with Crippen LogP contribution in [0.5, 0.6) is 0 Å². The Hall–Kier alpha value is -2.35. The van der Waals surface area contributed by atoms with Crippen molar-refractivity contribution in [3.8, 4) is 0 Å². The van der Waals surface area contributed by atoms with Gasteiger partial charge in [0.1, 0.15) is 5.76 Å². The molecule has 0 saturated heterocycles. The van der Waals surface area contributed by atoms with E-state index in [1.54, 1.807) is 11.2 Å². The van der Waals surface area contributed by atoms with Gasteiger partial charge < -0.3 is 14.6 Å². The largest absolute Gasteiger partial charge is 0.469 e. The molecule has 0 fully saturated rings. The van der Waals surface area contributed by atoms with Gasteiger partial charge in [0.25, 0.3) is 0 Å². The minimum absolute atomic E-state index is 0.319. The summed E-state index contributed by atoms with van der Waals surface area (Å²) in [6.07, 6.45) is 2.40. The molecule has 0 atom stereocenters. The molecule has 0 aromatic carbocycles. The molecule has 0 aliphatic rings. The van der Waals surface area contributed by atoms with E-state index < -0.39 is 0 Å². The molecular weight excluding hydrogens is 246 g/mol. The number of nitrogens with two attached hydrogens (primary N) is 1. The van der Waals surface area contributed by atoms with Gasteiger partial charge in [-0.2, -0.15) is 15.0 Å². The lowest BCUT2D eigenvalue weighted by Gasteiger charge is -2.12. The van der Waals surface area contributed by atoms with Crippen molar-refractivity contribution in [2.45, 2.75) is 6.42 Å². The number of aromatic nitrogens is 3. The number of hydrogen-bond acceptors (Lipinski definition) is 8. The summed E-state index contributed by atoms with van der Waals surface area (Å²) in [6, 6.07) is 3.78. The summed E-state index contributed by atoms with van der Waals surface area (Å²) < 4.78 is 5.24. The average Bonchev–Trinajstić information content (AvgIpc) is 2.91. The fraction of sp³-hybridized carbons (Fsp3) is 0.364. The molecule has 0 spiro atoms. The van der Waals surface area contributed by atoms with Crippen molar-refractivity contribution < 1.29 is 4.42 Å². The van der Waals surface area contributed by atoms with Crippen molar-refractivity contribution in [3.63, 3.8) is 0 Å². The van der Waals surface area contributed by atoms with Crippen LogP contribution in [0.25, 0.3) is 0 Å². The highest BCUT2D eigenvalue weighted by atomic mass is 16.3. The van der Waals surface area contributed by atoms with Crippen molar-refractivity contribution in [2.24, 2.45) is 5.84 Å². The summed E-state index contributed by atoms with van der Waals surface area (Å²) in [4.78, 5) is 14.3. The Morgan fingerprint density at radius 1 is 1.26 bits per heavy atom. The molecule has 8 heteroatoms. The molecule has 102 valence electrons. The lowest BCUT2D eigenvalue weighted by molar-refractivity contribution is 0.512. The number of anilines is 3. The fourth-order valence-corrected chi connectivity index (χ4v) is 1.46. The van der Waals surface area contributed by atoms with Crippen LogP contribution >= 0.6 is 0 Å². The van der Waals surface area contributed by atoms with E-state index in [2.05, 4.69) is 25.7 Å². The Labute approximate surface area is 111 Å². The average molecular weight is 263 g/mol. The van der Waals surface area contributed by atoms with E-state index >= 15 is 0 Å². The fourth-order valence-electron chi connectivity index (χ4n) is 1.46. The first kappa shape index (κ1) is 13.1. The van der Waals surface area contributed by atoms with Gasteiger partial charge >= 0.3 is 0 Å². The SMILES string of the molecule is CN(C)c1nc(NN)nc(NCCc2ccco2)n1. The first-order valence-electron chi connectivity index (χ1n) is 5.85. The summed E-state index contributed by atoms with van der Waals surface area (Å²) in [5.74, 6) is 7.56.